The molecule has 1 aliphatic heterocycles. The Morgan fingerprint density at radius 3 is 2.68 bits per heavy atom. The first kappa shape index (κ1) is 25.8. The Bertz CT molecular complexity index is 1600. The van der Waals surface area contributed by atoms with Gasteiger partial charge in [0.2, 0.25) is 0 Å². The largest absolute Gasteiger partial charge is 0.368 e. The summed E-state index contributed by atoms with van der Waals surface area (Å²) in [6, 6.07) is 8.34. The number of rotatable bonds is 9. The van der Waals surface area contributed by atoms with Gasteiger partial charge in [-0.15, -0.1) is 6.58 Å². The van der Waals surface area contributed by atoms with Crippen LogP contribution in [-0.4, -0.2) is 57.7 Å². The average Bonchev–Trinajstić information content (AvgIpc) is 3.34. The van der Waals surface area contributed by atoms with Crippen LogP contribution in [0.1, 0.15) is 32.3 Å². The first-order chi connectivity index (χ1) is 18.1. The van der Waals surface area contributed by atoms with Gasteiger partial charge in [0.1, 0.15) is 21.5 Å². The molecule has 1 saturated heterocycles. The minimum atomic E-state index is -3.01. The van der Waals surface area contributed by atoms with E-state index in [4.69, 9.17) is 4.98 Å². The Kier molecular flexibility index (Phi) is 6.92. The van der Waals surface area contributed by atoms with E-state index < -0.39 is 9.84 Å². The zero-order valence-electron chi connectivity index (χ0n) is 22.2. The predicted octanol–water partition coefficient (Wildman–Crippen LogP) is 4.81. The number of aromatic nitrogens is 5. The van der Waals surface area contributed by atoms with Gasteiger partial charge >= 0.3 is 0 Å². The lowest BCUT2D eigenvalue weighted by Gasteiger charge is -2.48. The zero-order chi connectivity index (χ0) is 27.0. The van der Waals surface area contributed by atoms with Gasteiger partial charge < -0.3 is 10.2 Å². The molecular formula is C28H33N7O2S. The third-order valence-electron chi connectivity index (χ3n) is 7.08. The summed E-state index contributed by atoms with van der Waals surface area (Å²) in [5, 5.41) is 9.83. The van der Waals surface area contributed by atoms with Crippen molar-refractivity contribution in [1.82, 2.24) is 24.7 Å². The molecule has 2 atom stereocenters. The fourth-order valence-corrected chi connectivity index (χ4v) is 6.23. The maximum Gasteiger partial charge on any atom is 0.164 e. The van der Waals surface area contributed by atoms with Gasteiger partial charge in [0, 0.05) is 54.4 Å². The van der Waals surface area contributed by atoms with Crippen molar-refractivity contribution in [2.24, 2.45) is 5.92 Å². The third kappa shape index (κ3) is 5.26. The summed E-state index contributed by atoms with van der Waals surface area (Å²) in [5.41, 5.74) is 3.14. The Hall–Kier alpha value is -3.79. The highest BCUT2D eigenvalue weighted by molar-refractivity contribution is 7.90. The van der Waals surface area contributed by atoms with Crippen LogP contribution < -0.4 is 10.2 Å². The number of hydrogen-bond acceptors (Lipinski definition) is 8. The van der Waals surface area contributed by atoms with E-state index >= 15 is 0 Å². The number of benzene rings is 1. The van der Waals surface area contributed by atoms with E-state index in [1.165, 1.54) is 11.8 Å². The van der Waals surface area contributed by atoms with Crippen LogP contribution >= 0.6 is 0 Å². The number of nitrogens with zero attached hydrogens (tertiary/aromatic N) is 6. The van der Waals surface area contributed by atoms with Gasteiger partial charge in [-0.3, -0.25) is 4.68 Å². The van der Waals surface area contributed by atoms with Crippen molar-refractivity contribution < 1.29 is 8.42 Å². The summed E-state index contributed by atoms with van der Waals surface area (Å²) >= 11 is 0. The van der Waals surface area contributed by atoms with Crippen LogP contribution in [0.4, 0.5) is 17.3 Å². The van der Waals surface area contributed by atoms with Crippen LogP contribution in [0.5, 0.6) is 0 Å². The van der Waals surface area contributed by atoms with Crippen LogP contribution in [0.2, 0.25) is 0 Å². The highest BCUT2D eigenvalue weighted by Gasteiger charge is 2.38. The molecule has 1 N–H and O–H groups in total. The number of pyridine rings is 1. The zero-order valence-corrected chi connectivity index (χ0v) is 23.0. The Balaban J connectivity index is 1.44. The van der Waals surface area contributed by atoms with Crippen LogP contribution in [0.15, 0.2) is 61.7 Å². The highest BCUT2D eigenvalue weighted by atomic mass is 32.2. The fourth-order valence-electron chi connectivity index (χ4n) is 5.07. The molecule has 0 radical (unpaired) electrons. The van der Waals surface area contributed by atoms with Gasteiger partial charge in [0.05, 0.1) is 24.1 Å². The molecule has 0 spiro atoms. The number of fused-ring (bicyclic) bond motifs is 1. The molecular weight excluding hydrogens is 498 g/mol. The maximum atomic E-state index is 11.8. The van der Waals surface area contributed by atoms with Gasteiger partial charge in [-0.05, 0) is 42.0 Å². The first-order valence-corrected chi connectivity index (χ1v) is 14.8. The molecule has 0 bridgehead atoms. The lowest BCUT2D eigenvalue weighted by molar-refractivity contribution is 0.342. The van der Waals surface area contributed by atoms with Gasteiger partial charge in [-0.2, -0.15) is 5.10 Å². The molecule has 3 aromatic heterocycles. The molecule has 0 aliphatic carbocycles. The second-order valence-electron chi connectivity index (χ2n) is 10.3. The van der Waals surface area contributed by atoms with Gasteiger partial charge in [-0.1, -0.05) is 26.0 Å². The van der Waals surface area contributed by atoms with Crippen LogP contribution in [0.25, 0.3) is 22.2 Å². The molecule has 38 heavy (non-hydrogen) atoms. The molecule has 5 rings (SSSR count). The van der Waals surface area contributed by atoms with Crippen molar-refractivity contribution in [2.75, 3.05) is 28.8 Å². The normalized spacial score (nSPS) is 17.6. The summed E-state index contributed by atoms with van der Waals surface area (Å²) in [7, 11) is -3.01. The van der Waals surface area contributed by atoms with Crippen molar-refractivity contribution in [1.29, 1.82) is 0 Å². The van der Waals surface area contributed by atoms with Gasteiger partial charge in [0.15, 0.2) is 5.82 Å². The van der Waals surface area contributed by atoms with Crippen molar-refractivity contribution >= 4 is 37.9 Å². The number of nitrogens with one attached hydrogen (secondary N) is 1. The smallest absolute Gasteiger partial charge is 0.164 e. The number of allylic oxidation sites excluding steroid dienone is 1. The second-order valence-corrected chi connectivity index (χ2v) is 12.5. The van der Waals surface area contributed by atoms with Crippen molar-refractivity contribution in [2.45, 2.75) is 39.3 Å². The minimum absolute atomic E-state index is 0.134. The topological polar surface area (TPSA) is 106 Å². The molecule has 9 nitrogen and oxygen atoms in total. The van der Waals surface area contributed by atoms with E-state index in [2.05, 4.69) is 70.8 Å². The summed E-state index contributed by atoms with van der Waals surface area (Å²) in [6.45, 7) is 11.5. The van der Waals surface area contributed by atoms with E-state index in [-0.39, 0.29) is 17.7 Å². The molecule has 10 heteroatoms. The molecule has 1 fully saturated rings. The van der Waals surface area contributed by atoms with Gasteiger partial charge in [0.25, 0.3) is 0 Å². The quantitative estimate of drug-likeness (QED) is 0.307. The van der Waals surface area contributed by atoms with E-state index in [1.807, 2.05) is 18.5 Å². The Morgan fingerprint density at radius 2 is 1.97 bits per heavy atom. The highest BCUT2D eigenvalue weighted by Crippen LogP contribution is 2.39. The average molecular weight is 532 g/mol. The molecule has 198 valence electrons. The van der Waals surface area contributed by atoms with Crippen molar-refractivity contribution in [3.63, 3.8) is 0 Å². The SMILES string of the molecule is C=CCn1cc(-c2nccc(Nc3cc4c(C(C)C)ccc(N5C[C@H](CS(C)(=O)=O)[C@H]5C)c4cn3)n2)cn1. The Labute approximate surface area is 223 Å². The summed E-state index contributed by atoms with van der Waals surface area (Å²) in [5.74, 6) is 2.58. The van der Waals surface area contributed by atoms with Gasteiger partial charge in [-0.25, -0.2) is 23.4 Å². The summed E-state index contributed by atoms with van der Waals surface area (Å²) in [4.78, 5) is 16.1. The lowest BCUT2D eigenvalue weighted by Crippen LogP contribution is -2.57. The first-order valence-electron chi connectivity index (χ1n) is 12.7. The summed E-state index contributed by atoms with van der Waals surface area (Å²) in [6.07, 6.45) is 10.3. The van der Waals surface area contributed by atoms with Crippen LogP contribution in [0, 0.1) is 5.92 Å². The second kappa shape index (κ2) is 10.2. The molecule has 0 amide bonds. The van der Waals surface area contributed by atoms with E-state index in [0.29, 0.717) is 29.9 Å². The van der Waals surface area contributed by atoms with Crippen LogP contribution in [0.3, 0.4) is 0 Å². The maximum absolute atomic E-state index is 11.8. The minimum Gasteiger partial charge on any atom is -0.368 e. The molecule has 1 aliphatic rings. The molecule has 1 aromatic carbocycles. The predicted molar refractivity (Wildman–Crippen MR) is 153 cm³/mol. The van der Waals surface area contributed by atoms with Crippen LogP contribution in [-0.2, 0) is 16.4 Å². The molecule has 4 heterocycles. The monoisotopic (exact) mass is 531 g/mol. The Morgan fingerprint density at radius 1 is 1.16 bits per heavy atom. The number of sulfone groups is 1. The van der Waals surface area contributed by atoms with Crippen molar-refractivity contribution in [3.05, 3.63) is 67.3 Å². The standard InChI is InChI=1S/C28H33N7O2S/c1-6-11-34-15-20(13-31-34)28-29-10-9-26(33-28)32-27-12-23-22(18(2)3)7-8-25(24(23)14-30-27)35-16-21(19(35)4)17-38(5,36)37/h6-10,12-15,18-19,21H,1,11,16-17H2,2-5H3,(H,29,30,32,33)/t19-,21-/m1/s1. The molecule has 0 saturated carbocycles. The van der Waals surface area contributed by atoms with E-state index in [9.17, 15) is 8.42 Å². The number of hydrogen-bond donors (Lipinski definition) is 1. The van der Waals surface area contributed by atoms with Crippen molar-refractivity contribution in [3.8, 4) is 11.4 Å². The fraction of sp³-hybridized carbons (Fsp3) is 0.357. The molecule has 0 unspecified atom stereocenters. The molecule has 4 aromatic rings. The number of anilines is 3. The lowest BCUT2D eigenvalue weighted by atomic mass is 9.88. The van der Waals surface area contributed by atoms with E-state index in [1.54, 1.807) is 23.2 Å². The van der Waals surface area contributed by atoms with E-state index in [0.717, 1.165) is 28.6 Å². The summed E-state index contributed by atoms with van der Waals surface area (Å²) < 4.78 is 25.4. The third-order valence-corrected chi connectivity index (χ3v) is 8.12.